The number of hydrogen-bond donors (Lipinski definition) is 0. The summed E-state index contributed by atoms with van der Waals surface area (Å²) in [6.07, 6.45) is 39.0. The molecule has 0 amide bonds. The average molecular weight is 825 g/mol. The Hall–Kier alpha value is 0.1000. The minimum atomic E-state index is 0.874. The number of benzene rings is 1. The highest BCUT2D eigenvalue weighted by molar-refractivity contribution is 9.11. The lowest BCUT2D eigenvalue weighted by Crippen LogP contribution is -2.05. The van der Waals surface area contributed by atoms with Gasteiger partial charge in [0.15, 0.2) is 0 Å². The van der Waals surface area contributed by atoms with E-state index in [1.807, 2.05) is 22.7 Å². The van der Waals surface area contributed by atoms with Crippen molar-refractivity contribution < 1.29 is 0 Å². The van der Waals surface area contributed by atoms with E-state index in [-0.39, 0.29) is 0 Å². The van der Waals surface area contributed by atoms with E-state index in [9.17, 15) is 0 Å². The molecule has 0 bridgehead atoms. The van der Waals surface area contributed by atoms with E-state index >= 15 is 0 Å². The van der Waals surface area contributed by atoms with Crippen molar-refractivity contribution in [2.24, 2.45) is 11.8 Å². The summed E-state index contributed by atoms with van der Waals surface area (Å²) in [5.74, 6) is 1.75. The molecule has 0 radical (unpaired) electrons. The summed E-state index contributed by atoms with van der Waals surface area (Å²) in [6.45, 7) is 9.34. The second-order valence-corrected chi connectivity index (χ2v) is 20.0. The lowest BCUT2D eigenvalue weighted by Gasteiger charge is -2.20. The normalized spacial score (nSPS) is 13.3. The maximum Gasteiger partial charge on any atom is 0.0711 e. The van der Waals surface area contributed by atoms with Gasteiger partial charge in [0.1, 0.15) is 0 Å². The molecule has 3 rings (SSSR count). The zero-order chi connectivity index (χ0) is 34.4. The van der Waals surface area contributed by atoms with Crippen molar-refractivity contribution in [2.75, 3.05) is 0 Å². The zero-order valence-corrected chi connectivity index (χ0v) is 36.5. The Morgan fingerprint density at radius 1 is 0.417 bits per heavy atom. The first kappa shape index (κ1) is 42.5. The minimum Gasteiger partial charge on any atom is -0.128 e. The molecule has 1 aromatic carbocycles. The fraction of sp³-hybridized carbons (Fsp3) is 0.773. The van der Waals surface area contributed by atoms with E-state index in [0.29, 0.717) is 0 Å². The molecule has 0 fully saturated rings. The summed E-state index contributed by atoms with van der Waals surface area (Å²) >= 11 is 11.9. The number of hydrogen-bond acceptors (Lipinski definition) is 2. The number of thiophene rings is 2. The quantitative estimate of drug-likeness (QED) is 0.0588. The lowest BCUT2D eigenvalue weighted by molar-refractivity contribution is 0.382. The Kier molecular flexibility index (Phi) is 23.0. The molecule has 0 spiro atoms. The van der Waals surface area contributed by atoms with Gasteiger partial charge in [-0.25, -0.2) is 0 Å². The van der Waals surface area contributed by atoms with Crippen LogP contribution in [0.4, 0.5) is 0 Å². The fourth-order valence-corrected chi connectivity index (χ4v) is 11.5. The molecular formula is C44H72Br2S2. The topological polar surface area (TPSA) is 0 Å². The van der Waals surface area contributed by atoms with Crippen molar-refractivity contribution in [3.63, 3.8) is 0 Å². The summed E-state index contributed by atoms with van der Waals surface area (Å²) in [7, 11) is 0. The third kappa shape index (κ3) is 15.4. The highest BCUT2D eigenvalue weighted by atomic mass is 79.9. The molecule has 2 atom stereocenters. The predicted molar refractivity (Wildman–Crippen MR) is 230 cm³/mol. The molecule has 4 heteroatoms. The fourth-order valence-electron chi connectivity index (χ4n) is 8.07. The number of halogens is 2. The first-order valence-electron chi connectivity index (χ1n) is 20.8. The van der Waals surface area contributed by atoms with Crippen LogP contribution in [0.15, 0.2) is 19.7 Å². The van der Waals surface area contributed by atoms with E-state index < -0.39 is 0 Å². The molecule has 2 heterocycles. The summed E-state index contributed by atoms with van der Waals surface area (Å²) in [5, 5.41) is 3.12. The predicted octanol–water partition coefficient (Wildman–Crippen LogP) is 18.2. The van der Waals surface area contributed by atoms with Crippen LogP contribution in [0.2, 0.25) is 0 Å². The Morgan fingerprint density at radius 2 is 0.708 bits per heavy atom. The van der Waals surface area contributed by atoms with Crippen LogP contribution in [0.1, 0.15) is 206 Å². The Morgan fingerprint density at radius 3 is 1.04 bits per heavy atom. The first-order valence-corrected chi connectivity index (χ1v) is 24.1. The summed E-state index contributed by atoms with van der Waals surface area (Å²) in [4.78, 5) is 0. The highest BCUT2D eigenvalue weighted by Gasteiger charge is 2.21. The van der Waals surface area contributed by atoms with E-state index in [0.717, 1.165) is 11.8 Å². The van der Waals surface area contributed by atoms with Gasteiger partial charge in [0.05, 0.1) is 7.57 Å². The molecule has 3 aromatic rings. The number of fused-ring (bicyclic) bond motifs is 2. The van der Waals surface area contributed by atoms with Gasteiger partial charge >= 0.3 is 0 Å². The molecule has 0 N–H and O–H groups in total. The van der Waals surface area contributed by atoms with Gasteiger partial charge in [-0.1, -0.05) is 182 Å². The van der Waals surface area contributed by atoms with Crippen molar-refractivity contribution in [3.8, 4) is 0 Å². The maximum atomic E-state index is 3.96. The van der Waals surface area contributed by atoms with Crippen LogP contribution in [-0.2, 0) is 12.8 Å². The molecule has 2 aromatic heterocycles. The molecule has 0 saturated carbocycles. The average Bonchev–Trinajstić information content (AvgIpc) is 3.66. The molecule has 48 heavy (non-hydrogen) atoms. The maximum absolute atomic E-state index is 3.96. The van der Waals surface area contributed by atoms with Gasteiger partial charge < -0.3 is 0 Å². The first-order chi connectivity index (χ1) is 23.5. The molecule has 0 saturated heterocycles. The summed E-state index contributed by atoms with van der Waals surface area (Å²) < 4.78 is 5.77. The van der Waals surface area contributed by atoms with Crippen molar-refractivity contribution in [1.82, 2.24) is 0 Å². The largest absolute Gasteiger partial charge is 0.128 e. The van der Waals surface area contributed by atoms with Gasteiger partial charge in [0.25, 0.3) is 0 Å². The van der Waals surface area contributed by atoms with E-state index in [1.165, 1.54) is 187 Å². The van der Waals surface area contributed by atoms with Gasteiger partial charge in [-0.15, -0.1) is 22.7 Å². The SMILES string of the molecule is CCCCCCCCC(CCCCCC)CCc1c2cc(Br)sc2c(CCC(CCCCCC)CCCCCCCC)c2cc(Br)sc12. The van der Waals surface area contributed by atoms with Crippen LogP contribution in [0.25, 0.3) is 20.2 Å². The number of aryl methyl sites for hydroxylation is 2. The van der Waals surface area contributed by atoms with Crippen LogP contribution in [-0.4, -0.2) is 0 Å². The van der Waals surface area contributed by atoms with Crippen molar-refractivity contribution in [3.05, 3.63) is 30.8 Å². The minimum absolute atomic E-state index is 0.874. The van der Waals surface area contributed by atoms with Crippen LogP contribution in [0.5, 0.6) is 0 Å². The smallest absolute Gasteiger partial charge is 0.0711 e. The lowest BCUT2D eigenvalue weighted by atomic mass is 9.86. The third-order valence-electron chi connectivity index (χ3n) is 11.1. The van der Waals surface area contributed by atoms with E-state index in [1.54, 1.807) is 31.3 Å². The van der Waals surface area contributed by atoms with Crippen molar-refractivity contribution >= 4 is 74.7 Å². The van der Waals surface area contributed by atoms with Gasteiger partial charge in [0.2, 0.25) is 0 Å². The molecule has 0 aliphatic rings. The Labute approximate surface area is 322 Å². The van der Waals surface area contributed by atoms with Crippen LogP contribution in [0, 0.1) is 11.8 Å². The molecular weight excluding hydrogens is 752 g/mol. The second kappa shape index (κ2) is 26.0. The van der Waals surface area contributed by atoms with E-state index in [4.69, 9.17) is 0 Å². The van der Waals surface area contributed by atoms with Crippen LogP contribution < -0.4 is 0 Å². The molecule has 0 nitrogen and oxygen atoms in total. The van der Waals surface area contributed by atoms with Gasteiger partial charge in [0, 0.05) is 9.40 Å². The van der Waals surface area contributed by atoms with Gasteiger partial charge in [-0.2, -0.15) is 0 Å². The Balaban J connectivity index is 1.77. The third-order valence-corrected chi connectivity index (χ3v) is 14.5. The highest BCUT2D eigenvalue weighted by Crippen LogP contribution is 2.46. The van der Waals surface area contributed by atoms with Crippen molar-refractivity contribution in [1.29, 1.82) is 0 Å². The number of rotatable bonds is 30. The Bertz CT molecular complexity index is 1090. The van der Waals surface area contributed by atoms with E-state index in [2.05, 4.69) is 71.7 Å². The number of unbranched alkanes of at least 4 members (excludes halogenated alkanes) is 16. The zero-order valence-electron chi connectivity index (χ0n) is 31.7. The van der Waals surface area contributed by atoms with Crippen molar-refractivity contribution in [2.45, 2.75) is 207 Å². The van der Waals surface area contributed by atoms with Crippen LogP contribution in [0.3, 0.4) is 0 Å². The molecule has 0 aliphatic heterocycles. The van der Waals surface area contributed by atoms with Gasteiger partial charge in [-0.05, 0) is 103 Å². The molecule has 2 unspecified atom stereocenters. The van der Waals surface area contributed by atoms with Gasteiger partial charge in [-0.3, -0.25) is 0 Å². The monoisotopic (exact) mass is 822 g/mol. The van der Waals surface area contributed by atoms with Crippen LogP contribution >= 0.6 is 54.5 Å². The molecule has 0 aliphatic carbocycles. The summed E-state index contributed by atoms with van der Waals surface area (Å²) in [6, 6.07) is 4.96. The standard InChI is InChI=1S/C44H72Br2S2/c1-5-9-13-17-19-23-27-35(25-21-15-11-7-3)29-31-37-39-33-41(45)48-44(39)38(40-34-42(46)47-43(37)40)32-30-36(26-22-16-12-8-4)28-24-20-18-14-10-6-2/h33-36H,5-32H2,1-4H3. The second-order valence-electron chi connectivity index (χ2n) is 15.2. The summed E-state index contributed by atoms with van der Waals surface area (Å²) in [5.41, 5.74) is 3.29. The molecule has 274 valence electrons.